The van der Waals surface area contributed by atoms with Crippen LogP contribution in [-0.4, -0.2) is 7.11 Å². The molecule has 1 nitrogen and oxygen atoms in total. The molecule has 2 aromatic carbocycles. The minimum atomic E-state index is -0.332. The molecule has 100 valence electrons. The summed E-state index contributed by atoms with van der Waals surface area (Å²) in [4.78, 5) is 0.143. The van der Waals surface area contributed by atoms with Gasteiger partial charge in [-0.05, 0) is 36.6 Å². The van der Waals surface area contributed by atoms with Crippen LogP contribution < -0.4 is 4.74 Å². The van der Waals surface area contributed by atoms with Crippen LogP contribution in [0.4, 0.5) is 4.39 Å². The maximum Gasteiger partial charge on any atom is 0.165 e. The van der Waals surface area contributed by atoms with Crippen molar-refractivity contribution in [3.8, 4) is 5.75 Å². The number of rotatable bonds is 4. The van der Waals surface area contributed by atoms with Gasteiger partial charge >= 0.3 is 0 Å². The van der Waals surface area contributed by atoms with E-state index in [9.17, 15) is 4.39 Å². The Hall–Kier alpha value is -1.35. The predicted molar refractivity (Wildman–Crippen MR) is 79.5 cm³/mol. The summed E-state index contributed by atoms with van der Waals surface area (Å²) in [6, 6.07) is 13.4. The third kappa shape index (κ3) is 3.57. The van der Waals surface area contributed by atoms with E-state index in [0.717, 1.165) is 12.0 Å². The Bertz CT molecular complexity index is 551. The van der Waals surface area contributed by atoms with Crippen molar-refractivity contribution in [3.63, 3.8) is 0 Å². The van der Waals surface area contributed by atoms with E-state index in [0.29, 0.717) is 0 Å². The second-order valence-corrected chi connectivity index (χ2v) is 5.66. The summed E-state index contributed by atoms with van der Waals surface area (Å²) in [6.45, 7) is 2.07. The van der Waals surface area contributed by atoms with E-state index in [2.05, 4.69) is 47.1 Å². The molecule has 0 saturated carbocycles. The second kappa shape index (κ2) is 6.20. The fourth-order valence-electron chi connectivity index (χ4n) is 1.92. The molecule has 0 saturated heterocycles. The lowest BCUT2D eigenvalue weighted by Gasteiger charge is -2.12. The first kappa shape index (κ1) is 14.1. The zero-order valence-corrected chi connectivity index (χ0v) is 12.6. The Morgan fingerprint density at radius 2 is 1.84 bits per heavy atom. The average molecular weight is 323 g/mol. The van der Waals surface area contributed by atoms with E-state index >= 15 is 0 Å². The minimum Gasteiger partial charge on any atom is -0.494 e. The smallest absolute Gasteiger partial charge is 0.165 e. The number of hydrogen-bond donors (Lipinski definition) is 0. The normalized spacial score (nSPS) is 12.2. The molecular formula is C16H16BrFO. The van der Waals surface area contributed by atoms with Crippen LogP contribution in [0.1, 0.15) is 21.5 Å². The molecule has 0 aliphatic heterocycles. The quantitative estimate of drug-likeness (QED) is 0.733. The summed E-state index contributed by atoms with van der Waals surface area (Å²) >= 11 is 3.65. The van der Waals surface area contributed by atoms with Gasteiger partial charge in [0.2, 0.25) is 0 Å². The fourth-order valence-corrected chi connectivity index (χ4v) is 2.58. The number of methoxy groups -OCH3 is 1. The molecule has 0 aliphatic rings. The molecule has 0 heterocycles. The maximum absolute atomic E-state index is 13.4. The lowest BCUT2D eigenvalue weighted by atomic mass is 10.0. The van der Waals surface area contributed by atoms with Crippen molar-refractivity contribution in [1.29, 1.82) is 0 Å². The fraction of sp³-hybridized carbons (Fsp3) is 0.250. The zero-order chi connectivity index (χ0) is 13.8. The lowest BCUT2D eigenvalue weighted by Crippen LogP contribution is -1.97. The van der Waals surface area contributed by atoms with E-state index in [1.54, 1.807) is 12.1 Å². The number of hydrogen-bond acceptors (Lipinski definition) is 1. The first-order chi connectivity index (χ1) is 9.10. The molecule has 0 aliphatic carbocycles. The monoisotopic (exact) mass is 322 g/mol. The molecule has 0 radical (unpaired) electrons. The zero-order valence-electron chi connectivity index (χ0n) is 11.0. The van der Waals surface area contributed by atoms with Gasteiger partial charge in [0, 0.05) is 4.83 Å². The molecule has 3 heteroatoms. The van der Waals surface area contributed by atoms with Crippen LogP contribution in [0.3, 0.4) is 0 Å². The largest absolute Gasteiger partial charge is 0.494 e. The van der Waals surface area contributed by atoms with E-state index in [1.165, 1.54) is 24.3 Å². The van der Waals surface area contributed by atoms with Crippen molar-refractivity contribution in [2.24, 2.45) is 0 Å². The van der Waals surface area contributed by atoms with Gasteiger partial charge in [0.15, 0.2) is 11.6 Å². The topological polar surface area (TPSA) is 9.23 Å². The van der Waals surface area contributed by atoms with E-state index in [1.807, 2.05) is 0 Å². The van der Waals surface area contributed by atoms with Gasteiger partial charge in [0.05, 0.1) is 7.11 Å². The van der Waals surface area contributed by atoms with Crippen molar-refractivity contribution in [2.45, 2.75) is 18.2 Å². The highest BCUT2D eigenvalue weighted by Crippen LogP contribution is 2.30. The van der Waals surface area contributed by atoms with Crippen molar-refractivity contribution in [1.82, 2.24) is 0 Å². The SMILES string of the molecule is COc1cc(C(Br)Cc2ccc(C)cc2)ccc1F. The molecule has 19 heavy (non-hydrogen) atoms. The molecule has 2 rings (SSSR count). The summed E-state index contributed by atoms with van der Waals surface area (Å²) < 4.78 is 18.4. The second-order valence-electron chi connectivity index (χ2n) is 4.55. The molecule has 0 spiro atoms. The van der Waals surface area contributed by atoms with Crippen LogP contribution in [0.25, 0.3) is 0 Å². The minimum absolute atomic E-state index is 0.143. The van der Waals surface area contributed by atoms with Crippen molar-refractivity contribution >= 4 is 15.9 Å². The Morgan fingerprint density at radius 3 is 2.47 bits per heavy atom. The van der Waals surface area contributed by atoms with Crippen molar-refractivity contribution in [2.75, 3.05) is 7.11 Å². The van der Waals surface area contributed by atoms with Gasteiger partial charge in [-0.1, -0.05) is 51.8 Å². The molecule has 1 unspecified atom stereocenters. The van der Waals surface area contributed by atoms with E-state index in [-0.39, 0.29) is 16.4 Å². The van der Waals surface area contributed by atoms with Gasteiger partial charge in [-0.15, -0.1) is 0 Å². The van der Waals surface area contributed by atoms with Crippen LogP contribution in [0.2, 0.25) is 0 Å². The number of alkyl halides is 1. The Morgan fingerprint density at radius 1 is 1.16 bits per heavy atom. The predicted octanol–water partition coefficient (Wildman–Crippen LogP) is 4.82. The average Bonchev–Trinajstić information content (AvgIpc) is 2.42. The molecule has 0 aromatic heterocycles. The molecule has 0 amide bonds. The molecule has 0 bridgehead atoms. The van der Waals surface area contributed by atoms with Gasteiger partial charge in [-0.25, -0.2) is 4.39 Å². The maximum atomic E-state index is 13.4. The molecule has 1 atom stereocenters. The van der Waals surface area contributed by atoms with Gasteiger partial charge < -0.3 is 4.74 Å². The standard InChI is InChI=1S/C16H16BrFO/c1-11-3-5-12(6-4-11)9-14(17)13-7-8-15(18)16(10-13)19-2/h3-8,10,14H,9H2,1-2H3. The highest BCUT2D eigenvalue weighted by Gasteiger charge is 2.11. The van der Waals surface area contributed by atoms with Gasteiger partial charge in [-0.2, -0.15) is 0 Å². The summed E-state index contributed by atoms with van der Waals surface area (Å²) in [5.74, 6) is -0.0489. The van der Waals surface area contributed by atoms with Crippen LogP contribution in [-0.2, 0) is 6.42 Å². The number of ether oxygens (including phenoxy) is 1. The van der Waals surface area contributed by atoms with Crippen molar-refractivity contribution in [3.05, 3.63) is 65.0 Å². The highest BCUT2D eigenvalue weighted by atomic mass is 79.9. The number of aryl methyl sites for hydroxylation is 1. The summed E-state index contributed by atoms with van der Waals surface area (Å²) in [5.41, 5.74) is 3.51. The van der Waals surface area contributed by atoms with Gasteiger partial charge in [-0.3, -0.25) is 0 Å². The Labute approximate surface area is 121 Å². The first-order valence-corrected chi connectivity index (χ1v) is 7.05. The lowest BCUT2D eigenvalue weighted by molar-refractivity contribution is 0.386. The van der Waals surface area contributed by atoms with Crippen LogP contribution in [0.5, 0.6) is 5.75 Å². The Kier molecular flexibility index (Phi) is 4.59. The van der Waals surface area contributed by atoms with Crippen molar-refractivity contribution < 1.29 is 9.13 Å². The Balaban J connectivity index is 2.15. The van der Waals surface area contributed by atoms with Crippen LogP contribution in [0.15, 0.2) is 42.5 Å². The molecule has 0 N–H and O–H groups in total. The number of benzene rings is 2. The summed E-state index contributed by atoms with van der Waals surface area (Å²) in [6.07, 6.45) is 0.856. The third-order valence-corrected chi connectivity index (χ3v) is 3.92. The summed E-state index contributed by atoms with van der Waals surface area (Å²) in [5, 5.41) is 0. The molecule has 0 fully saturated rings. The van der Waals surface area contributed by atoms with Crippen LogP contribution in [0, 0.1) is 12.7 Å². The van der Waals surface area contributed by atoms with E-state index in [4.69, 9.17) is 4.74 Å². The van der Waals surface area contributed by atoms with Gasteiger partial charge in [0.1, 0.15) is 0 Å². The number of halogens is 2. The first-order valence-electron chi connectivity index (χ1n) is 6.13. The highest BCUT2D eigenvalue weighted by molar-refractivity contribution is 9.09. The van der Waals surface area contributed by atoms with Gasteiger partial charge in [0.25, 0.3) is 0 Å². The molecule has 2 aromatic rings. The van der Waals surface area contributed by atoms with E-state index < -0.39 is 0 Å². The summed E-state index contributed by atoms with van der Waals surface area (Å²) in [7, 11) is 1.48. The third-order valence-electron chi connectivity index (χ3n) is 3.07. The van der Waals surface area contributed by atoms with Crippen LogP contribution >= 0.6 is 15.9 Å². The molecular weight excluding hydrogens is 307 g/mol.